The van der Waals surface area contributed by atoms with Crippen molar-refractivity contribution in [2.45, 2.75) is 24.5 Å². The number of hydrogen-bond acceptors (Lipinski definition) is 8. The highest BCUT2D eigenvalue weighted by Gasteiger charge is 2.38. The summed E-state index contributed by atoms with van der Waals surface area (Å²) in [5, 5.41) is 2.10. The van der Waals surface area contributed by atoms with Gasteiger partial charge < -0.3 is 10.1 Å². The van der Waals surface area contributed by atoms with Gasteiger partial charge in [0.25, 0.3) is 0 Å². The van der Waals surface area contributed by atoms with Gasteiger partial charge in [-0.25, -0.2) is 9.58 Å². The highest BCUT2D eigenvalue weighted by molar-refractivity contribution is 8.00. The van der Waals surface area contributed by atoms with Crippen LogP contribution in [0.2, 0.25) is 0 Å². The number of nitrogens with one attached hydrogen (secondary N) is 3. The van der Waals surface area contributed by atoms with E-state index in [4.69, 9.17) is 4.74 Å². The van der Waals surface area contributed by atoms with Crippen LogP contribution in [0.15, 0.2) is 4.15 Å². The van der Waals surface area contributed by atoms with E-state index in [-0.39, 0.29) is 69.2 Å². The fourth-order valence-corrected chi connectivity index (χ4v) is 3.01. The first-order chi connectivity index (χ1) is 12.0. The number of carbonyl (C=O) groups excluding carboxylic acids is 4. The van der Waals surface area contributed by atoms with Gasteiger partial charge in [-0.05, 0) is 11.9 Å². The van der Waals surface area contributed by atoms with Gasteiger partial charge in [0.2, 0.25) is 23.6 Å². The molecule has 1 aliphatic rings. The SMILES string of the molecule is CNNC(=O)CCOCCNC(=O)CCN1C(=O)CC(SN=P)C1=O. The van der Waals surface area contributed by atoms with Crippen LogP contribution in [0, 0.1) is 0 Å². The maximum atomic E-state index is 12.0. The molecule has 4 amide bonds. The molecule has 1 saturated heterocycles. The van der Waals surface area contributed by atoms with Crippen molar-refractivity contribution < 1.29 is 23.9 Å². The summed E-state index contributed by atoms with van der Waals surface area (Å²) in [6, 6.07) is 0. The van der Waals surface area contributed by atoms with Crippen LogP contribution in [0.4, 0.5) is 0 Å². The zero-order valence-electron chi connectivity index (χ0n) is 13.9. The Kier molecular flexibility index (Phi) is 10.2. The summed E-state index contributed by atoms with van der Waals surface area (Å²) in [6.45, 7) is 0.853. The average Bonchev–Trinajstić information content (AvgIpc) is 2.83. The Labute approximate surface area is 152 Å². The van der Waals surface area contributed by atoms with Crippen LogP contribution in [0.25, 0.3) is 0 Å². The topological polar surface area (TPSA) is 129 Å². The molecule has 1 unspecified atom stereocenters. The van der Waals surface area contributed by atoms with E-state index in [1.165, 1.54) is 0 Å². The fraction of sp³-hybridized carbons (Fsp3) is 0.692. The number of nitrogens with zero attached hydrogens (tertiary/aromatic N) is 2. The van der Waals surface area contributed by atoms with Gasteiger partial charge in [0.15, 0.2) is 0 Å². The zero-order valence-corrected chi connectivity index (χ0v) is 15.7. The average molecular weight is 391 g/mol. The molecular formula is C13H22N5O5PS. The second-order valence-corrected chi connectivity index (χ2v) is 6.54. The van der Waals surface area contributed by atoms with E-state index < -0.39 is 5.25 Å². The van der Waals surface area contributed by atoms with Gasteiger partial charge in [-0.2, -0.15) is 0 Å². The summed E-state index contributed by atoms with van der Waals surface area (Å²) in [5.41, 5.74) is 4.92. The normalized spacial score (nSPS) is 16.8. The maximum absolute atomic E-state index is 12.0. The minimum Gasteiger partial charge on any atom is -0.379 e. The van der Waals surface area contributed by atoms with E-state index in [0.29, 0.717) is 0 Å². The first-order valence-corrected chi connectivity index (χ1v) is 8.94. The number of rotatable bonds is 12. The molecule has 25 heavy (non-hydrogen) atoms. The van der Waals surface area contributed by atoms with Crippen molar-refractivity contribution in [2.75, 3.05) is 33.4 Å². The van der Waals surface area contributed by atoms with Crippen LogP contribution in [-0.4, -0.2) is 67.1 Å². The second kappa shape index (κ2) is 11.9. The highest BCUT2D eigenvalue weighted by atomic mass is 32.2. The van der Waals surface area contributed by atoms with Crippen molar-refractivity contribution in [1.29, 1.82) is 0 Å². The molecule has 0 aromatic carbocycles. The van der Waals surface area contributed by atoms with Crippen molar-refractivity contribution in [2.24, 2.45) is 4.15 Å². The van der Waals surface area contributed by atoms with Gasteiger partial charge in [0.05, 0.1) is 19.6 Å². The van der Waals surface area contributed by atoms with E-state index >= 15 is 0 Å². The van der Waals surface area contributed by atoms with Crippen LogP contribution >= 0.6 is 21.0 Å². The van der Waals surface area contributed by atoms with Crippen LogP contribution in [0.1, 0.15) is 19.3 Å². The first kappa shape index (κ1) is 21.5. The number of amides is 4. The fourth-order valence-electron chi connectivity index (χ4n) is 2.07. The van der Waals surface area contributed by atoms with Gasteiger partial charge in [0.1, 0.15) is 5.25 Å². The summed E-state index contributed by atoms with van der Waals surface area (Å²) in [6.07, 6.45) is 0.340. The molecule has 0 aliphatic carbocycles. The Morgan fingerprint density at radius 1 is 1.32 bits per heavy atom. The Hall–Kier alpha value is -1.55. The molecule has 0 bridgehead atoms. The molecule has 1 heterocycles. The van der Waals surface area contributed by atoms with Gasteiger partial charge >= 0.3 is 0 Å². The van der Waals surface area contributed by atoms with E-state index in [2.05, 4.69) is 29.4 Å². The lowest BCUT2D eigenvalue weighted by Crippen LogP contribution is -2.36. The Bertz CT molecular complexity index is 521. The molecule has 1 fully saturated rings. The Morgan fingerprint density at radius 2 is 2.08 bits per heavy atom. The molecule has 12 heteroatoms. The lowest BCUT2D eigenvalue weighted by molar-refractivity contribution is -0.138. The van der Waals surface area contributed by atoms with Crippen LogP contribution < -0.4 is 16.2 Å². The summed E-state index contributed by atoms with van der Waals surface area (Å²) < 4.78 is 8.83. The smallest absolute Gasteiger partial charge is 0.244 e. The molecular weight excluding hydrogens is 369 g/mol. The molecule has 0 aromatic rings. The molecule has 0 radical (unpaired) electrons. The Morgan fingerprint density at radius 3 is 2.76 bits per heavy atom. The van der Waals surface area contributed by atoms with Crippen LogP contribution in [0.5, 0.6) is 0 Å². The molecule has 140 valence electrons. The van der Waals surface area contributed by atoms with Crippen molar-refractivity contribution in [3.8, 4) is 0 Å². The van der Waals surface area contributed by atoms with Crippen molar-refractivity contribution >= 4 is 44.6 Å². The molecule has 0 aromatic heterocycles. The van der Waals surface area contributed by atoms with Crippen molar-refractivity contribution in [3.63, 3.8) is 0 Å². The molecule has 1 aliphatic heterocycles. The van der Waals surface area contributed by atoms with Crippen molar-refractivity contribution in [3.05, 3.63) is 0 Å². The third-order valence-corrected chi connectivity index (χ3v) is 4.30. The minimum atomic E-state index is -0.526. The highest BCUT2D eigenvalue weighted by Crippen LogP contribution is 2.26. The maximum Gasteiger partial charge on any atom is 0.244 e. The van der Waals surface area contributed by atoms with Crippen molar-refractivity contribution in [1.82, 2.24) is 21.1 Å². The summed E-state index contributed by atoms with van der Waals surface area (Å²) in [7, 11) is 4.49. The number of hydrazine groups is 1. The number of imide groups is 1. The lowest BCUT2D eigenvalue weighted by atomic mass is 10.3. The zero-order chi connectivity index (χ0) is 18.7. The third kappa shape index (κ3) is 7.91. The predicted octanol–water partition coefficient (Wildman–Crippen LogP) is -0.748. The molecule has 10 nitrogen and oxygen atoms in total. The van der Waals surface area contributed by atoms with E-state index in [9.17, 15) is 19.2 Å². The van der Waals surface area contributed by atoms with E-state index in [1.807, 2.05) is 0 Å². The van der Waals surface area contributed by atoms with Gasteiger partial charge in [0, 0.05) is 42.0 Å². The lowest BCUT2D eigenvalue weighted by Gasteiger charge is -2.14. The number of carbonyl (C=O) groups is 4. The molecule has 0 spiro atoms. The summed E-state index contributed by atoms with van der Waals surface area (Å²) in [5.74, 6) is -1.09. The number of hydrogen-bond donors (Lipinski definition) is 3. The number of likely N-dealkylation sites (tertiary alicyclic amines) is 1. The third-order valence-electron chi connectivity index (χ3n) is 3.25. The summed E-state index contributed by atoms with van der Waals surface area (Å²) >= 11 is 0.992. The molecule has 1 atom stereocenters. The monoisotopic (exact) mass is 391 g/mol. The van der Waals surface area contributed by atoms with E-state index in [1.54, 1.807) is 7.05 Å². The second-order valence-electron chi connectivity index (χ2n) is 5.03. The predicted molar refractivity (Wildman–Crippen MR) is 93.7 cm³/mol. The minimum absolute atomic E-state index is 0.0322. The van der Waals surface area contributed by atoms with Crippen LogP contribution in [0.3, 0.4) is 0 Å². The standard InChI is InChI=1S/C13H22N5O5PS/c1-14-16-11(20)3-6-23-7-4-15-10(19)2-5-18-12(21)8-9(13(18)22)25-17-24/h9,14,24H,2-8H2,1H3,(H,15,19)(H,16,20). The quantitative estimate of drug-likeness (QED) is 0.131. The molecule has 3 N–H and O–H groups in total. The van der Waals surface area contributed by atoms with Crippen LogP contribution in [-0.2, 0) is 23.9 Å². The number of ether oxygens (including phenoxy) is 1. The first-order valence-electron chi connectivity index (χ1n) is 7.66. The summed E-state index contributed by atoms with van der Waals surface area (Å²) in [4.78, 5) is 47.7. The van der Waals surface area contributed by atoms with E-state index in [0.717, 1.165) is 16.8 Å². The van der Waals surface area contributed by atoms with Gasteiger partial charge in [-0.15, -0.1) is 0 Å². The Balaban J connectivity index is 2.13. The largest absolute Gasteiger partial charge is 0.379 e. The van der Waals surface area contributed by atoms with Gasteiger partial charge in [-0.1, -0.05) is 0 Å². The molecule has 1 rings (SSSR count). The molecule has 0 saturated carbocycles. The van der Waals surface area contributed by atoms with Gasteiger partial charge in [-0.3, -0.25) is 29.5 Å².